The molecule has 0 bridgehead atoms. The fourth-order valence-electron chi connectivity index (χ4n) is 4.19. The molecule has 1 amide bonds. The molecule has 3 aliphatic rings. The van der Waals surface area contributed by atoms with E-state index in [1.807, 2.05) is 6.07 Å². The summed E-state index contributed by atoms with van der Waals surface area (Å²) in [5.74, 6) is 1.42. The smallest absolute Gasteiger partial charge is 0.220 e. The summed E-state index contributed by atoms with van der Waals surface area (Å²) < 4.78 is 11.1. The van der Waals surface area contributed by atoms with Crippen molar-refractivity contribution in [3.05, 3.63) is 23.8 Å². The van der Waals surface area contributed by atoms with Gasteiger partial charge in [0.15, 0.2) is 11.5 Å². The molecule has 142 valence electrons. The van der Waals surface area contributed by atoms with E-state index in [1.165, 1.54) is 20.0 Å². The first-order valence-electron chi connectivity index (χ1n) is 9.63. The number of aryl methyl sites for hydroxylation is 1. The standard InChI is InChI=1S/C20H28N2O4/c1-25-18-8-13(2-6-17(18)23)3-7-20(24)21-15-9-16-12-26-19(14-4-5-14)11-22(16)10-15/h2,6,8,14-16,19,23H,3-5,7,9-12H2,1H3,(H,21,24)/t15-,16+,19-/m1/s1. The molecule has 0 unspecified atom stereocenters. The Hall–Kier alpha value is -1.79. The number of ether oxygens (including phenoxy) is 2. The highest BCUT2D eigenvalue weighted by Crippen LogP contribution is 2.37. The van der Waals surface area contributed by atoms with Crippen LogP contribution in [-0.2, 0) is 16.0 Å². The maximum absolute atomic E-state index is 12.3. The van der Waals surface area contributed by atoms with E-state index in [1.54, 1.807) is 12.1 Å². The van der Waals surface area contributed by atoms with E-state index in [9.17, 15) is 9.90 Å². The molecule has 2 heterocycles. The van der Waals surface area contributed by atoms with Gasteiger partial charge in [-0.3, -0.25) is 9.69 Å². The van der Waals surface area contributed by atoms with Crippen LogP contribution in [0.2, 0.25) is 0 Å². The molecule has 6 nitrogen and oxygen atoms in total. The summed E-state index contributed by atoms with van der Waals surface area (Å²) in [6, 6.07) is 5.90. The minimum atomic E-state index is 0.0848. The lowest BCUT2D eigenvalue weighted by Gasteiger charge is -2.35. The Kier molecular flexibility index (Phi) is 5.05. The second-order valence-electron chi connectivity index (χ2n) is 7.82. The second-order valence-corrected chi connectivity index (χ2v) is 7.82. The number of carbonyl (C=O) groups is 1. The van der Waals surface area contributed by atoms with Gasteiger partial charge in [0, 0.05) is 31.6 Å². The zero-order chi connectivity index (χ0) is 18.1. The molecule has 2 aliphatic heterocycles. The summed E-state index contributed by atoms with van der Waals surface area (Å²) in [7, 11) is 1.53. The zero-order valence-electron chi connectivity index (χ0n) is 15.3. The molecular formula is C20H28N2O4. The first-order valence-corrected chi connectivity index (χ1v) is 9.63. The number of phenolic OH excluding ortho intramolecular Hbond substituents is 1. The lowest BCUT2D eigenvalue weighted by Crippen LogP contribution is -2.47. The van der Waals surface area contributed by atoms with Crippen LogP contribution in [0.15, 0.2) is 18.2 Å². The van der Waals surface area contributed by atoms with Gasteiger partial charge in [-0.25, -0.2) is 0 Å². The highest BCUT2D eigenvalue weighted by Gasteiger charge is 2.42. The molecule has 2 saturated heterocycles. The normalized spacial score (nSPS) is 28.6. The van der Waals surface area contributed by atoms with Crippen molar-refractivity contribution in [2.24, 2.45) is 5.92 Å². The lowest BCUT2D eigenvalue weighted by molar-refractivity contribution is -0.121. The topological polar surface area (TPSA) is 71.0 Å². The largest absolute Gasteiger partial charge is 0.504 e. The first kappa shape index (κ1) is 17.6. The predicted molar refractivity (Wildman–Crippen MR) is 97.4 cm³/mol. The average Bonchev–Trinajstić information content (AvgIpc) is 3.41. The predicted octanol–water partition coefficient (Wildman–Crippen LogP) is 1.70. The van der Waals surface area contributed by atoms with E-state index in [2.05, 4.69) is 10.2 Å². The van der Waals surface area contributed by atoms with Crippen LogP contribution in [0.25, 0.3) is 0 Å². The summed E-state index contributed by atoms with van der Waals surface area (Å²) in [6.07, 6.45) is 5.09. The van der Waals surface area contributed by atoms with Gasteiger partial charge in [-0.1, -0.05) is 6.07 Å². The molecule has 26 heavy (non-hydrogen) atoms. The molecule has 1 aliphatic carbocycles. The average molecular weight is 360 g/mol. The number of hydrogen-bond acceptors (Lipinski definition) is 5. The second kappa shape index (κ2) is 7.45. The zero-order valence-corrected chi connectivity index (χ0v) is 15.3. The summed E-state index contributed by atoms with van der Waals surface area (Å²) in [6.45, 7) is 2.77. The molecular weight excluding hydrogens is 332 g/mol. The highest BCUT2D eigenvalue weighted by molar-refractivity contribution is 5.76. The number of hydrogen-bond donors (Lipinski definition) is 2. The monoisotopic (exact) mass is 360 g/mol. The molecule has 1 saturated carbocycles. The van der Waals surface area contributed by atoms with Crippen LogP contribution in [-0.4, -0.2) is 60.9 Å². The summed E-state index contributed by atoms with van der Waals surface area (Å²) in [4.78, 5) is 14.8. The minimum Gasteiger partial charge on any atom is -0.504 e. The summed E-state index contributed by atoms with van der Waals surface area (Å²) in [5, 5.41) is 12.8. The maximum Gasteiger partial charge on any atom is 0.220 e. The van der Waals surface area contributed by atoms with Crippen LogP contribution in [0.4, 0.5) is 0 Å². The number of nitrogens with zero attached hydrogens (tertiary/aromatic N) is 1. The van der Waals surface area contributed by atoms with Gasteiger partial charge in [0.25, 0.3) is 0 Å². The number of fused-ring (bicyclic) bond motifs is 1. The van der Waals surface area contributed by atoms with E-state index in [-0.39, 0.29) is 17.7 Å². The third-order valence-electron chi connectivity index (χ3n) is 5.84. The van der Waals surface area contributed by atoms with Gasteiger partial charge >= 0.3 is 0 Å². The number of carbonyl (C=O) groups excluding carboxylic acids is 1. The Balaban J connectivity index is 1.24. The van der Waals surface area contributed by atoms with Gasteiger partial charge in [-0.05, 0) is 49.3 Å². The van der Waals surface area contributed by atoms with Crippen molar-refractivity contribution in [3.8, 4) is 11.5 Å². The number of morpholine rings is 1. The fourth-order valence-corrected chi connectivity index (χ4v) is 4.19. The van der Waals surface area contributed by atoms with Gasteiger partial charge in [0.05, 0.1) is 19.8 Å². The van der Waals surface area contributed by atoms with Crippen LogP contribution >= 0.6 is 0 Å². The van der Waals surface area contributed by atoms with Crippen molar-refractivity contribution in [1.82, 2.24) is 10.2 Å². The van der Waals surface area contributed by atoms with Crippen molar-refractivity contribution < 1.29 is 19.4 Å². The number of rotatable bonds is 6. The van der Waals surface area contributed by atoms with Gasteiger partial charge in [0.2, 0.25) is 5.91 Å². The number of benzene rings is 1. The quantitative estimate of drug-likeness (QED) is 0.808. The van der Waals surface area contributed by atoms with Crippen molar-refractivity contribution in [2.45, 2.75) is 50.3 Å². The summed E-state index contributed by atoms with van der Waals surface area (Å²) >= 11 is 0. The van der Waals surface area contributed by atoms with Crippen molar-refractivity contribution in [3.63, 3.8) is 0 Å². The van der Waals surface area contributed by atoms with E-state index in [0.717, 1.165) is 37.6 Å². The molecule has 0 radical (unpaired) electrons. The molecule has 3 atom stereocenters. The third-order valence-corrected chi connectivity index (χ3v) is 5.84. The molecule has 3 fully saturated rings. The van der Waals surface area contributed by atoms with Gasteiger partial charge < -0.3 is 19.9 Å². The van der Waals surface area contributed by atoms with Crippen LogP contribution in [0, 0.1) is 5.92 Å². The third kappa shape index (κ3) is 3.96. The first-order chi connectivity index (χ1) is 12.6. The van der Waals surface area contributed by atoms with E-state index in [0.29, 0.717) is 30.7 Å². The van der Waals surface area contributed by atoms with Gasteiger partial charge in [-0.2, -0.15) is 0 Å². The number of nitrogens with one attached hydrogen (secondary N) is 1. The SMILES string of the molecule is COc1cc(CCC(=O)N[C@@H]2C[C@H]3CO[C@@H](C4CC4)CN3C2)ccc1O. The Morgan fingerprint density at radius 3 is 3.00 bits per heavy atom. The van der Waals surface area contributed by atoms with Gasteiger partial charge in [0.1, 0.15) is 0 Å². The van der Waals surface area contributed by atoms with Crippen molar-refractivity contribution >= 4 is 5.91 Å². The Bertz CT molecular complexity index is 661. The van der Waals surface area contributed by atoms with Crippen LogP contribution in [0.5, 0.6) is 11.5 Å². The highest BCUT2D eigenvalue weighted by atomic mass is 16.5. The van der Waals surface area contributed by atoms with Crippen molar-refractivity contribution in [2.75, 3.05) is 26.8 Å². The summed E-state index contributed by atoms with van der Waals surface area (Å²) in [5.41, 5.74) is 0.985. The maximum atomic E-state index is 12.3. The molecule has 1 aromatic rings. The molecule has 2 N–H and O–H groups in total. The Labute approximate surface area is 154 Å². The Morgan fingerprint density at radius 2 is 2.23 bits per heavy atom. The molecule has 4 rings (SSSR count). The number of amides is 1. The van der Waals surface area contributed by atoms with E-state index in [4.69, 9.17) is 9.47 Å². The number of aromatic hydroxyl groups is 1. The molecule has 6 heteroatoms. The van der Waals surface area contributed by atoms with Gasteiger partial charge in [-0.15, -0.1) is 0 Å². The Morgan fingerprint density at radius 1 is 1.38 bits per heavy atom. The minimum absolute atomic E-state index is 0.0848. The molecule has 1 aromatic carbocycles. The molecule has 0 spiro atoms. The van der Waals surface area contributed by atoms with E-state index < -0.39 is 0 Å². The van der Waals surface area contributed by atoms with Crippen molar-refractivity contribution in [1.29, 1.82) is 0 Å². The van der Waals surface area contributed by atoms with Crippen LogP contribution in [0.1, 0.15) is 31.2 Å². The molecule has 0 aromatic heterocycles. The van der Waals surface area contributed by atoms with Crippen LogP contribution < -0.4 is 10.1 Å². The number of phenols is 1. The lowest BCUT2D eigenvalue weighted by atomic mass is 10.1. The number of methoxy groups -OCH3 is 1. The van der Waals surface area contributed by atoms with E-state index >= 15 is 0 Å². The van der Waals surface area contributed by atoms with Crippen LogP contribution in [0.3, 0.4) is 0 Å². The fraction of sp³-hybridized carbons (Fsp3) is 0.650.